The number of amides is 1. The number of aliphatic hydroxyl groups excluding tert-OH is 1. The van der Waals surface area contributed by atoms with Gasteiger partial charge in [-0.1, -0.05) is 30.3 Å². The van der Waals surface area contributed by atoms with Gasteiger partial charge in [-0.25, -0.2) is 0 Å². The number of hydrogen-bond acceptors (Lipinski definition) is 4. The van der Waals surface area contributed by atoms with Gasteiger partial charge in [0.15, 0.2) is 0 Å². The Balaban J connectivity index is 1.90. The van der Waals surface area contributed by atoms with E-state index in [1.807, 2.05) is 48.5 Å². The molecule has 0 fully saturated rings. The molecular formula is C18H22N2O3. The van der Waals surface area contributed by atoms with Gasteiger partial charge < -0.3 is 20.5 Å². The van der Waals surface area contributed by atoms with Crippen LogP contribution < -0.4 is 15.4 Å². The molecule has 1 unspecified atom stereocenters. The van der Waals surface area contributed by atoms with Crippen LogP contribution in [0.3, 0.4) is 0 Å². The molecule has 0 saturated heterocycles. The zero-order chi connectivity index (χ0) is 16.7. The molecule has 0 aliphatic carbocycles. The highest BCUT2D eigenvalue weighted by atomic mass is 16.5. The Morgan fingerprint density at radius 1 is 1.17 bits per heavy atom. The minimum atomic E-state index is -0.603. The molecule has 0 aliphatic rings. The number of benzene rings is 2. The van der Waals surface area contributed by atoms with E-state index < -0.39 is 6.10 Å². The summed E-state index contributed by atoms with van der Waals surface area (Å²) in [6.07, 6.45) is -0.603. The SMILES string of the molecule is COc1ccc(C(O)CNCc2ccccc2NC(C)=O)cc1. The van der Waals surface area contributed by atoms with E-state index in [1.54, 1.807) is 7.11 Å². The second-order valence-corrected chi connectivity index (χ2v) is 5.26. The first-order chi connectivity index (χ1) is 11.1. The van der Waals surface area contributed by atoms with Crippen LogP contribution in [0.4, 0.5) is 5.69 Å². The van der Waals surface area contributed by atoms with Crippen molar-refractivity contribution in [2.75, 3.05) is 19.0 Å². The summed E-state index contributed by atoms with van der Waals surface area (Å²) in [5, 5.41) is 16.2. The van der Waals surface area contributed by atoms with Gasteiger partial charge in [0, 0.05) is 25.7 Å². The average molecular weight is 314 g/mol. The molecule has 0 radical (unpaired) electrons. The molecule has 2 rings (SSSR count). The van der Waals surface area contributed by atoms with Gasteiger partial charge >= 0.3 is 0 Å². The molecule has 0 spiro atoms. The number of para-hydroxylation sites is 1. The van der Waals surface area contributed by atoms with Crippen molar-refractivity contribution >= 4 is 11.6 Å². The second kappa shape index (κ2) is 8.31. The Morgan fingerprint density at radius 3 is 2.52 bits per heavy atom. The van der Waals surface area contributed by atoms with E-state index in [2.05, 4.69) is 10.6 Å². The van der Waals surface area contributed by atoms with Gasteiger partial charge in [-0.3, -0.25) is 4.79 Å². The van der Waals surface area contributed by atoms with Crippen LogP contribution in [0.1, 0.15) is 24.2 Å². The third kappa shape index (κ3) is 5.09. The number of anilines is 1. The van der Waals surface area contributed by atoms with Crippen LogP contribution in [0.15, 0.2) is 48.5 Å². The molecule has 2 aromatic rings. The Bertz CT molecular complexity index is 641. The van der Waals surface area contributed by atoms with Gasteiger partial charge in [0.2, 0.25) is 5.91 Å². The predicted molar refractivity (Wildman–Crippen MR) is 90.4 cm³/mol. The topological polar surface area (TPSA) is 70.6 Å². The fourth-order valence-corrected chi connectivity index (χ4v) is 2.27. The monoisotopic (exact) mass is 314 g/mol. The molecule has 122 valence electrons. The number of carbonyl (C=O) groups excluding carboxylic acids is 1. The lowest BCUT2D eigenvalue weighted by Gasteiger charge is -2.14. The summed E-state index contributed by atoms with van der Waals surface area (Å²) in [5.41, 5.74) is 2.59. The molecule has 5 heteroatoms. The van der Waals surface area contributed by atoms with Crippen molar-refractivity contribution in [3.63, 3.8) is 0 Å². The van der Waals surface area contributed by atoms with Crippen molar-refractivity contribution in [2.24, 2.45) is 0 Å². The first-order valence-corrected chi connectivity index (χ1v) is 7.48. The Hall–Kier alpha value is -2.37. The smallest absolute Gasteiger partial charge is 0.221 e. The van der Waals surface area contributed by atoms with Crippen LogP contribution in [0.2, 0.25) is 0 Å². The number of hydrogen-bond donors (Lipinski definition) is 3. The highest BCUT2D eigenvalue weighted by Gasteiger charge is 2.08. The number of carbonyl (C=O) groups is 1. The molecule has 1 atom stereocenters. The van der Waals surface area contributed by atoms with Gasteiger partial charge in [0.1, 0.15) is 5.75 Å². The van der Waals surface area contributed by atoms with Crippen molar-refractivity contribution in [2.45, 2.75) is 19.6 Å². The number of nitrogens with one attached hydrogen (secondary N) is 2. The summed E-state index contributed by atoms with van der Waals surface area (Å²) in [6, 6.07) is 14.9. The minimum absolute atomic E-state index is 0.101. The maximum Gasteiger partial charge on any atom is 0.221 e. The summed E-state index contributed by atoms with van der Waals surface area (Å²) in [7, 11) is 1.61. The Labute approximate surface area is 136 Å². The Morgan fingerprint density at radius 2 is 1.87 bits per heavy atom. The zero-order valence-electron chi connectivity index (χ0n) is 13.4. The molecule has 0 bridgehead atoms. The molecular weight excluding hydrogens is 292 g/mol. The largest absolute Gasteiger partial charge is 0.497 e. The number of ether oxygens (including phenoxy) is 1. The molecule has 1 amide bonds. The molecule has 0 heterocycles. The van der Waals surface area contributed by atoms with Crippen LogP contribution in [-0.4, -0.2) is 24.7 Å². The molecule has 0 saturated carbocycles. The number of aliphatic hydroxyl groups is 1. The first-order valence-electron chi connectivity index (χ1n) is 7.48. The lowest BCUT2D eigenvalue weighted by atomic mass is 10.1. The molecule has 3 N–H and O–H groups in total. The minimum Gasteiger partial charge on any atom is -0.497 e. The lowest BCUT2D eigenvalue weighted by molar-refractivity contribution is -0.114. The van der Waals surface area contributed by atoms with Crippen molar-refractivity contribution in [3.8, 4) is 5.75 Å². The Kier molecular flexibility index (Phi) is 6.14. The summed E-state index contributed by atoms with van der Waals surface area (Å²) in [4.78, 5) is 11.2. The third-order valence-corrected chi connectivity index (χ3v) is 3.48. The maximum atomic E-state index is 11.2. The van der Waals surface area contributed by atoms with Gasteiger partial charge in [0.25, 0.3) is 0 Å². The van der Waals surface area contributed by atoms with Gasteiger partial charge in [-0.15, -0.1) is 0 Å². The van der Waals surface area contributed by atoms with E-state index in [0.717, 1.165) is 22.6 Å². The van der Waals surface area contributed by atoms with Crippen LogP contribution >= 0.6 is 0 Å². The van der Waals surface area contributed by atoms with Crippen LogP contribution in [-0.2, 0) is 11.3 Å². The molecule has 2 aromatic carbocycles. The fourth-order valence-electron chi connectivity index (χ4n) is 2.27. The number of rotatable bonds is 7. The van der Waals surface area contributed by atoms with E-state index in [9.17, 15) is 9.90 Å². The molecule has 5 nitrogen and oxygen atoms in total. The predicted octanol–water partition coefficient (Wildman–Crippen LogP) is 2.48. The first kappa shape index (κ1) is 17.0. The van der Waals surface area contributed by atoms with E-state index in [0.29, 0.717) is 13.1 Å². The molecule has 23 heavy (non-hydrogen) atoms. The summed E-state index contributed by atoms with van der Waals surface area (Å²) >= 11 is 0. The highest BCUT2D eigenvalue weighted by molar-refractivity contribution is 5.89. The maximum absolute atomic E-state index is 11.2. The van der Waals surface area contributed by atoms with Crippen molar-refractivity contribution in [1.29, 1.82) is 0 Å². The molecule has 0 aliphatic heterocycles. The van der Waals surface area contributed by atoms with Crippen LogP contribution in [0.25, 0.3) is 0 Å². The van der Waals surface area contributed by atoms with Gasteiger partial charge in [-0.2, -0.15) is 0 Å². The lowest BCUT2D eigenvalue weighted by Crippen LogP contribution is -2.22. The highest BCUT2D eigenvalue weighted by Crippen LogP contribution is 2.18. The summed E-state index contributed by atoms with van der Waals surface area (Å²) in [6.45, 7) is 2.46. The van der Waals surface area contributed by atoms with E-state index in [-0.39, 0.29) is 5.91 Å². The summed E-state index contributed by atoms with van der Waals surface area (Å²) < 4.78 is 5.10. The quantitative estimate of drug-likeness (QED) is 0.734. The second-order valence-electron chi connectivity index (χ2n) is 5.26. The fraction of sp³-hybridized carbons (Fsp3) is 0.278. The van der Waals surface area contributed by atoms with E-state index in [1.165, 1.54) is 6.92 Å². The standard InChI is InChI=1S/C18H22N2O3/c1-13(21)20-17-6-4-3-5-15(17)11-19-12-18(22)14-7-9-16(23-2)10-8-14/h3-10,18-19,22H,11-12H2,1-2H3,(H,20,21). The normalized spacial score (nSPS) is 11.8. The molecule has 0 aromatic heterocycles. The summed E-state index contributed by atoms with van der Waals surface area (Å²) in [5.74, 6) is 0.661. The third-order valence-electron chi connectivity index (χ3n) is 3.48. The van der Waals surface area contributed by atoms with Crippen molar-refractivity contribution in [1.82, 2.24) is 5.32 Å². The van der Waals surface area contributed by atoms with Crippen LogP contribution in [0, 0.1) is 0 Å². The van der Waals surface area contributed by atoms with Gasteiger partial charge in [0.05, 0.1) is 13.2 Å². The zero-order valence-corrected chi connectivity index (χ0v) is 13.4. The van der Waals surface area contributed by atoms with E-state index in [4.69, 9.17) is 4.74 Å². The number of methoxy groups -OCH3 is 1. The van der Waals surface area contributed by atoms with E-state index >= 15 is 0 Å². The van der Waals surface area contributed by atoms with Crippen LogP contribution in [0.5, 0.6) is 5.75 Å². The van der Waals surface area contributed by atoms with Gasteiger partial charge in [-0.05, 0) is 29.3 Å². The average Bonchev–Trinajstić information content (AvgIpc) is 2.56. The van der Waals surface area contributed by atoms with Crippen molar-refractivity contribution in [3.05, 3.63) is 59.7 Å². The van der Waals surface area contributed by atoms with Crippen molar-refractivity contribution < 1.29 is 14.6 Å².